The Labute approximate surface area is 210 Å². The average Bonchev–Trinajstić information content (AvgIpc) is 3.03. The number of nitrogens with zero attached hydrogens (tertiary/aromatic N) is 2. The Kier molecular flexibility index (Phi) is 10.2. The van der Waals surface area contributed by atoms with Crippen LogP contribution in [0.15, 0.2) is 24.5 Å². The van der Waals surface area contributed by atoms with Crippen LogP contribution in [-0.4, -0.2) is 20.0 Å². The zero-order valence-electron chi connectivity index (χ0n) is 21.8. The summed E-state index contributed by atoms with van der Waals surface area (Å²) in [5.74, 6) is 0.977. The number of aromatic hydroxyl groups is 1. The molecule has 0 fully saturated rings. The van der Waals surface area contributed by atoms with E-state index in [2.05, 4.69) is 13.8 Å². The summed E-state index contributed by atoms with van der Waals surface area (Å²) in [5.41, 5.74) is 1.94. The van der Waals surface area contributed by atoms with Gasteiger partial charge in [0.1, 0.15) is 5.75 Å². The third kappa shape index (κ3) is 7.33. The van der Waals surface area contributed by atoms with Gasteiger partial charge in [-0.1, -0.05) is 68.2 Å². The number of rotatable bonds is 9. The minimum absolute atomic E-state index is 0. The molecule has 2 N–H and O–H groups in total. The van der Waals surface area contributed by atoms with Crippen molar-refractivity contribution in [2.75, 3.05) is 0 Å². The number of carbonyl (C=O) groups is 1. The first kappa shape index (κ1) is 29.2. The minimum Gasteiger partial charge on any atom is -0.507 e. The molecule has 0 saturated heterocycles. The molecule has 1 heterocycles. The van der Waals surface area contributed by atoms with E-state index in [1.807, 2.05) is 70.6 Å². The second-order valence-electron chi connectivity index (χ2n) is 11.1. The highest BCUT2D eigenvalue weighted by Gasteiger charge is 2.27. The predicted molar refractivity (Wildman–Crippen MR) is 142 cm³/mol. The van der Waals surface area contributed by atoms with Gasteiger partial charge in [0.15, 0.2) is 5.78 Å². The van der Waals surface area contributed by atoms with Crippen molar-refractivity contribution in [1.82, 2.24) is 9.13 Å². The van der Waals surface area contributed by atoms with E-state index >= 15 is 0 Å². The van der Waals surface area contributed by atoms with Gasteiger partial charge >= 0.3 is 0 Å². The number of carbonyl (C=O) groups excluding carboxylic acids is 1. The van der Waals surface area contributed by atoms with Crippen molar-refractivity contribution in [3.05, 3.63) is 46.8 Å². The number of benzene rings is 1. The van der Waals surface area contributed by atoms with Gasteiger partial charge in [-0.25, -0.2) is 0 Å². The summed E-state index contributed by atoms with van der Waals surface area (Å²) in [4.78, 5) is 13.2. The molecule has 6 heteroatoms. The van der Waals surface area contributed by atoms with Crippen LogP contribution in [0.25, 0.3) is 0 Å². The third-order valence-electron chi connectivity index (χ3n) is 6.50. The Hall–Kier alpha value is -1.82. The summed E-state index contributed by atoms with van der Waals surface area (Å²) >= 11 is 0. The Balaban J connectivity index is 0.00000544. The van der Waals surface area contributed by atoms with E-state index < -0.39 is 0 Å². The molecule has 0 radical (unpaired) electrons. The molecule has 1 aromatic heterocycles. The van der Waals surface area contributed by atoms with Crippen molar-refractivity contribution in [1.29, 1.82) is 5.41 Å². The summed E-state index contributed by atoms with van der Waals surface area (Å²) in [6.45, 7) is 17.7. The minimum atomic E-state index is -0.285. The van der Waals surface area contributed by atoms with Crippen molar-refractivity contribution in [2.45, 2.75) is 105 Å². The van der Waals surface area contributed by atoms with Crippen LogP contribution in [-0.2, 0) is 23.9 Å². The lowest BCUT2D eigenvalue weighted by Gasteiger charge is -2.28. The topological polar surface area (TPSA) is 71.0 Å². The SMILES string of the molecule is Br.CCC(CC)CCCn1ccn(CC(=O)c2cc(C(C)(C)C)c(O)c(C(C)(C)C)c2)c1=N. The fourth-order valence-electron chi connectivity index (χ4n) is 4.21. The highest BCUT2D eigenvalue weighted by atomic mass is 79.9. The van der Waals surface area contributed by atoms with Crippen molar-refractivity contribution in [3.63, 3.8) is 0 Å². The van der Waals surface area contributed by atoms with Gasteiger partial charge in [0.2, 0.25) is 5.62 Å². The molecule has 0 saturated carbocycles. The molecule has 1 aromatic carbocycles. The molecule has 0 spiro atoms. The molecule has 0 bridgehead atoms. The fourth-order valence-corrected chi connectivity index (χ4v) is 4.21. The van der Waals surface area contributed by atoms with E-state index in [-0.39, 0.29) is 45.9 Å². The number of phenols is 1. The first-order valence-corrected chi connectivity index (χ1v) is 12.0. The predicted octanol–water partition coefficient (Wildman–Crippen LogP) is 6.75. The van der Waals surface area contributed by atoms with Crippen LogP contribution >= 0.6 is 17.0 Å². The Bertz CT molecular complexity index is 951. The molecule has 0 unspecified atom stereocenters. The van der Waals surface area contributed by atoms with Crippen LogP contribution < -0.4 is 5.62 Å². The number of nitrogens with one attached hydrogen (secondary N) is 1. The summed E-state index contributed by atoms with van der Waals surface area (Å²) in [6.07, 6.45) is 8.34. The number of aryl methyl sites for hydroxylation is 1. The average molecular weight is 523 g/mol. The highest BCUT2D eigenvalue weighted by Crippen LogP contribution is 2.39. The smallest absolute Gasteiger partial charge is 0.202 e. The quantitative estimate of drug-likeness (QED) is 0.358. The first-order chi connectivity index (χ1) is 14.8. The number of halogens is 1. The summed E-state index contributed by atoms with van der Waals surface area (Å²) in [6, 6.07) is 3.65. The first-order valence-electron chi connectivity index (χ1n) is 12.0. The Morgan fingerprint density at radius 3 is 1.91 bits per heavy atom. The molecule has 0 aliphatic carbocycles. The second-order valence-corrected chi connectivity index (χ2v) is 11.1. The van der Waals surface area contributed by atoms with Gasteiger partial charge in [0.25, 0.3) is 0 Å². The monoisotopic (exact) mass is 521 g/mol. The zero-order chi connectivity index (χ0) is 24.3. The van der Waals surface area contributed by atoms with Crippen molar-refractivity contribution in [2.24, 2.45) is 5.92 Å². The molecule has 0 amide bonds. The Morgan fingerprint density at radius 1 is 0.970 bits per heavy atom. The van der Waals surface area contributed by atoms with E-state index in [1.165, 1.54) is 19.3 Å². The summed E-state index contributed by atoms with van der Waals surface area (Å²) in [7, 11) is 0. The maximum atomic E-state index is 13.2. The van der Waals surface area contributed by atoms with Gasteiger partial charge in [-0.15, -0.1) is 17.0 Å². The number of Topliss-reactive ketones (excluding diaryl/α,β-unsaturated/α-hetero) is 1. The standard InChI is InChI=1S/C27H43N3O2.BrH/c1-9-19(10-2)12-11-13-29-14-15-30(25(29)28)18-23(31)20-16-21(26(3,4)5)24(32)22(17-20)27(6,7)8;/h14-17,19,28,32H,9-13,18H2,1-8H3;1H. The fraction of sp³-hybridized carbons (Fsp3) is 0.630. The van der Waals surface area contributed by atoms with E-state index in [0.717, 1.165) is 30.0 Å². The van der Waals surface area contributed by atoms with Crippen LogP contribution in [0.3, 0.4) is 0 Å². The number of phenolic OH excluding ortho intramolecular Hbond substituents is 1. The van der Waals surface area contributed by atoms with Crippen LogP contribution in [0.2, 0.25) is 0 Å². The van der Waals surface area contributed by atoms with E-state index in [0.29, 0.717) is 11.2 Å². The molecular formula is C27H44BrN3O2. The maximum Gasteiger partial charge on any atom is 0.202 e. The molecule has 186 valence electrons. The van der Waals surface area contributed by atoms with Crippen LogP contribution in [0.4, 0.5) is 0 Å². The van der Waals surface area contributed by atoms with Gasteiger partial charge < -0.3 is 14.2 Å². The zero-order valence-corrected chi connectivity index (χ0v) is 23.5. The highest BCUT2D eigenvalue weighted by molar-refractivity contribution is 8.93. The number of imidazole rings is 1. The molecule has 0 aliphatic heterocycles. The van der Waals surface area contributed by atoms with Crippen molar-refractivity contribution in [3.8, 4) is 5.75 Å². The van der Waals surface area contributed by atoms with E-state index in [1.54, 1.807) is 4.57 Å². The molecule has 2 aromatic rings. The lowest BCUT2D eigenvalue weighted by atomic mass is 9.78. The summed E-state index contributed by atoms with van der Waals surface area (Å²) in [5, 5.41) is 19.4. The molecule has 5 nitrogen and oxygen atoms in total. The number of hydrogen-bond acceptors (Lipinski definition) is 3. The number of ketones is 1. The largest absolute Gasteiger partial charge is 0.507 e. The van der Waals surface area contributed by atoms with Gasteiger partial charge in [-0.3, -0.25) is 10.2 Å². The van der Waals surface area contributed by atoms with Crippen molar-refractivity contribution < 1.29 is 9.90 Å². The molecule has 33 heavy (non-hydrogen) atoms. The van der Waals surface area contributed by atoms with Crippen LogP contribution in [0, 0.1) is 11.3 Å². The van der Waals surface area contributed by atoms with E-state index in [9.17, 15) is 9.90 Å². The molecule has 0 atom stereocenters. The number of hydrogen-bond donors (Lipinski definition) is 2. The normalized spacial score (nSPS) is 12.2. The Morgan fingerprint density at radius 2 is 1.45 bits per heavy atom. The van der Waals surface area contributed by atoms with Crippen LogP contribution in [0.5, 0.6) is 5.75 Å². The lowest BCUT2D eigenvalue weighted by Crippen LogP contribution is -2.27. The third-order valence-corrected chi connectivity index (χ3v) is 6.50. The second kappa shape index (κ2) is 11.5. The summed E-state index contributed by atoms with van der Waals surface area (Å²) < 4.78 is 3.63. The number of aromatic nitrogens is 2. The van der Waals surface area contributed by atoms with Gasteiger partial charge in [0, 0.05) is 35.6 Å². The molecule has 0 aliphatic rings. The molecule has 2 rings (SSSR count). The van der Waals surface area contributed by atoms with Gasteiger partial charge in [-0.2, -0.15) is 0 Å². The van der Waals surface area contributed by atoms with Crippen molar-refractivity contribution >= 4 is 22.8 Å². The lowest BCUT2D eigenvalue weighted by molar-refractivity contribution is 0.0969. The van der Waals surface area contributed by atoms with Gasteiger partial charge in [0.05, 0.1) is 6.54 Å². The van der Waals surface area contributed by atoms with Gasteiger partial charge in [-0.05, 0) is 41.7 Å². The maximum absolute atomic E-state index is 13.2. The van der Waals surface area contributed by atoms with Crippen LogP contribution in [0.1, 0.15) is 103 Å². The van der Waals surface area contributed by atoms with E-state index in [4.69, 9.17) is 5.41 Å². The molecular weight excluding hydrogens is 478 g/mol.